The van der Waals surface area contributed by atoms with E-state index in [1.165, 1.54) is 25.2 Å². The number of amides is 1. The molecule has 2 rings (SSSR count). The number of rotatable bonds is 7. The van der Waals surface area contributed by atoms with Crippen molar-refractivity contribution in [3.63, 3.8) is 0 Å². The average molecular weight is 362 g/mol. The molecule has 134 valence electrons. The van der Waals surface area contributed by atoms with Gasteiger partial charge in [0.05, 0.1) is 10.9 Å². The number of carbonyl (C=O) groups is 1. The maximum atomic E-state index is 12.3. The van der Waals surface area contributed by atoms with Gasteiger partial charge in [-0.1, -0.05) is 23.8 Å². The highest BCUT2D eigenvalue weighted by atomic mass is 32.2. The van der Waals surface area contributed by atoms with Gasteiger partial charge in [-0.25, -0.2) is 13.1 Å². The van der Waals surface area contributed by atoms with Crippen molar-refractivity contribution in [2.45, 2.75) is 24.8 Å². The fraction of sp³-hybridized carbons (Fsp3) is 0.278. The molecule has 0 aliphatic heterocycles. The highest BCUT2D eigenvalue weighted by Gasteiger charge is 2.15. The van der Waals surface area contributed by atoms with Crippen molar-refractivity contribution in [3.8, 4) is 5.75 Å². The van der Waals surface area contributed by atoms with Crippen LogP contribution in [0.5, 0.6) is 5.75 Å². The summed E-state index contributed by atoms with van der Waals surface area (Å²) in [5, 5.41) is 2.80. The van der Waals surface area contributed by atoms with Crippen molar-refractivity contribution < 1.29 is 17.9 Å². The Balaban J connectivity index is 1.97. The molecule has 0 aliphatic carbocycles. The van der Waals surface area contributed by atoms with E-state index in [4.69, 9.17) is 4.74 Å². The predicted molar refractivity (Wildman–Crippen MR) is 96.3 cm³/mol. The topological polar surface area (TPSA) is 84.5 Å². The second kappa shape index (κ2) is 8.13. The summed E-state index contributed by atoms with van der Waals surface area (Å²) in [5.41, 5.74) is 1.42. The number of sulfonamides is 1. The Hall–Kier alpha value is -2.38. The van der Waals surface area contributed by atoms with Crippen molar-refractivity contribution in [2.75, 3.05) is 13.7 Å². The fourth-order valence-corrected chi connectivity index (χ4v) is 2.90. The Bertz CT molecular complexity index is 832. The third-order valence-electron chi connectivity index (χ3n) is 3.57. The molecule has 2 aromatic rings. The summed E-state index contributed by atoms with van der Waals surface area (Å²) in [4.78, 5) is 12.3. The lowest BCUT2D eigenvalue weighted by Gasteiger charge is -2.15. The van der Waals surface area contributed by atoms with Gasteiger partial charge in [0.25, 0.3) is 5.91 Å². The fourth-order valence-electron chi connectivity index (χ4n) is 2.13. The number of hydrogen-bond donors (Lipinski definition) is 2. The van der Waals surface area contributed by atoms with Crippen LogP contribution < -0.4 is 14.8 Å². The first-order chi connectivity index (χ1) is 11.8. The molecule has 0 aliphatic rings. The van der Waals surface area contributed by atoms with Crippen molar-refractivity contribution >= 4 is 15.9 Å². The predicted octanol–water partition coefficient (Wildman–Crippen LogP) is 2.10. The Morgan fingerprint density at radius 1 is 1.16 bits per heavy atom. The van der Waals surface area contributed by atoms with Crippen LogP contribution in [0.15, 0.2) is 53.4 Å². The van der Waals surface area contributed by atoms with Gasteiger partial charge in [-0.05, 0) is 51.2 Å². The molecule has 2 aromatic carbocycles. The van der Waals surface area contributed by atoms with Gasteiger partial charge in [-0.15, -0.1) is 0 Å². The summed E-state index contributed by atoms with van der Waals surface area (Å²) in [6.45, 7) is 4.12. The quantitative estimate of drug-likeness (QED) is 0.790. The minimum atomic E-state index is -3.59. The first kappa shape index (κ1) is 19.0. The minimum absolute atomic E-state index is 0.0474. The van der Waals surface area contributed by atoms with E-state index in [1.54, 1.807) is 6.07 Å². The molecule has 2 N–H and O–H groups in total. The summed E-state index contributed by atoms with van der Waals surface area (Å²) < 4.78 is 31.5. The smallest absolute Gasteiger partial charge is 0.251 e. The molecule has 0 saturated heterocycles. The molecule has 0 bridgehead atoms. The Morgan fingerprint density at radius 3 is 2.48 bits per heavy atom. The average Bonchev–Trinajstić information content (AvgIpc) is 2.61. The molecule has 7 heteroatoms. The normalized spacial score (nSPS) is 12.4. The second-order valence-electron chi connectivity index (χ2n) is 5.73. The van der Waals surface area contributed by atoms with Crippen molar-refractivity contribution in [2.24, 2.45) is 0 Å². The summed E-state index contributed by atoms with van der Waals surface area (Å²) in [7, 11) is -2.26. The number of aryl methyl sites for hydroxylation is 1. The lowest BCUT2D eigenvalue weighted by Crippen LogP contribution is -2.36. The SMILES string of the molecule is CNS(=O)(=O)c1cccc(C(=O)N[C@@H](C)COc2ccc(C)cc2)c1. The van der Waals surface area contributed by atoms with E-state index >= 15 is 0 Å². The Morgan fingerprint density at radius 2 is 1.84 bits per heavy atom. The highest BCUT2D eigenvalue weighted by molar-refractivity contribution is 7.89. The maximum absolute atomic E-state index is 12.3. The van der Waals surface area contributed by atoms with Crippen LogP contribution >= 0.6 is 0 Å². The molecule has 0 unspecified atom stereocenters. The van der Waals surface area contributed by atoms with Crippen LogP contribution in [-0.4, -0.2) is 34.0 Å². The summed E-state index contributed by atoms with van der Waals surface area (Å²) in [5.74, 6) is 0.377. The second-order valence-corrected chi connectivity index (χ2v) is 7.62. The van der Waals surface area contributed by atoms with E-state index < -0.39 is 10.0 Å². The lowest BCUT2D eigenvalue weighted by molar-refractivity contribution is 0.0926. The number of benzene rings is 2. The van der Waals surface area contributed by atoms with Gasteiger partial charge in [-0.2, -0.15) is 0 Å². The molecule has 0 saturated carbocycles. The summed E-state index contributed by atoms with van der Waals surface area (Å²) >= 11 is 0. The van der Waals surface area contributed by atoms with Crippen LogP contribution in [0.3, 0.4) is 0 Å². The standard InChI is InChI=1S/C18H22N2O4S/c1-13-7-9-16(10-8-13)24-12-14(2)20-18(21)15-5-4-6-17(11-15)25(22,23)19-3/h4-11,14,19H,12H2,1-3H3,(H,20,21)/t14-/m0/s1. The van der Waals surface area contributed by atoms with Crippen LogP contribution in [0.4, 0.5) is 0 Å². The zero-order chi connectivity index (χ0) is 18.4. The van der Waals surface area contributed by atoms with E-state index in [-0.39, 0.29) is 22.4 Å². The lowest BCUT2D eigenvalue weighted by atomic mass is 10.2. The van der Waals surface area contributed by atoms with Gasteiger partial charge in [0.2, 0.25) is 10.0 Å². The van der Waals surface area contributed by atoms with Gasteiger partial charge < -0.3 is 10.1 Å². The molecule has 0 heterocycles. The number of ether oxygens (including phenoxy) is 1. The third kappa shape index (κ3) is 5.30. The van der Waals surface area contributed by atoms with Crippen molar-refractivity contribution in [1.29, 1.82) is 0 Å². The van der Waals surface area contributed by atoms with Gasteiger partial charge in [0, 0.05) is 5.56 Å². The number of carbonyl (C=O) groups excluding carboxylic acids is 1. The summed E-state index contributed by atoms with van der Waals surface area (Å²) in [6, 6.07) is 13.3. The first-order valence-corrected chi connectivity index (χ1v) is 9.34. The van der Waals surface area contributed by atoms with E-state index in [2.05, 4.69) is 10.0 Å². The summed E-state index contributed by atoms with van der Waals surface area (Å²) in [6.07, 6.45) is 0. The Kier molecular flexibility index (Phi) is 6.17. The van der Waals surface area contributed by atoms with E-state index in [0.29, 0.717) is 6.61 Å². The van der Waals surface area contributed by atoms with E-state index in [0.717, 1.165) is 11.3 Å². The maximum Gasteiger partial charge on any atom is 0.251 e. The number of hydrogen-bond acceptors (Lipinski definition) is 4. The molecule has 0 spiro atoms. The highest BCUT2D eigenvalue weighted by Crippen LogP contribution is 2.13. The molecule has 0 radical (unpaired) electrons. The molecule has 6 nitrogen and oxygen atoms in total. The zero-order valence-corrected chi connectivity index (χ0v) is 15.3. The van der Waals surface area contributed by atoms with Gasteiger partial charge >= 0.3 is 0 Å². The molecule has 1 amide bonds. The van der Waals surface area contributed by atoms with Crippen LogP contribution in [0.25, 0.3) is 0 Å². The number of nitrogens with one attached hydrogen (secondary N) is 2. The molecule has 0 aromatic heterocycles. The third-order valence-corrected chi connectivity index (χ3v) is 4.99. The van der Waals surface area contributed by atoms with Crippen LogP contribution in [-0.2, 0) is 10.0 Å². The van der Waals surface area contributed by atoms with Gasteiger partial charge in [0.1, 0.15) is 12.4 Å². The van der Waals surface area contributed by atoms with Gasteiger partial charge in [-0.3, -0.25) is 4.79 Å². The van der Waals surface area contributed by atoms with Crippen molar-refractivity contribution in [1.82, 2.24) is 10.0 Å². The molecular formula is C18H22N2O4S. The monoisotopic (exact) mass is 362 g/mol. The van der Waals surface area contributed by atoms with Crippen LogP contribution in [0.1, 0.15) is 22.8 Å². The molecule has 25 heavy (non-hydrogen) atoms. The van der Waals surface area contributed by atoms with E-state index in [9.17, 15) is 13.2 Å². The largest absolute Gasteiger partial charge is 0.491 e. The van der Waals surface area contributed by atoms with Gasteiger partial charge in [0.15, 0.2) is 0 Å². The molecule has 1 atom stereocenters. The Labute approximate surface area is 148 Å². The van der Waals surface area contributed by atoms with Crippen LogP contribution in [0, 0.1) is 6.92 Å². The first-order valence-electron chi connectivity index (χ1n) is 7.86. The van der Waals surface area contributed by atoms with Crippen LogP contribution in [0.2, 0.25) is 0 Å². The molecule has 0 fully saturated rings. The van der Waals surface area contributed by atoms with Crippen molar-refractivity contribution in [3.05, 3.63) is 59.7 Å². The minimum Gasteiger partial charge on any atom is -0.491 e. The zero-order valence-electron chi connectivity index (χ0n) is 14.4. The van der Waals surface area contributed by atoms with E-state index in [1.807, 2.05) is 38.1 Å². The molecular weight excluding hydrogens is 340 g/mol.